The monoisotopic (exact) mass is 343 g/mol. The van der Waals surface area contributed by atoms with E-state index in [1.165, 1.54) is 6.07 Å². The molecule has 1 aromatic heterocycles. The van der Waals surface area contributed by atoms with E-state index in [9.17, 15) is 8.42 Å². The molecule has 2 aromatic rings. The summed E-state index contributed by atoms with van der Waals surface area (Å²) in [5, 5.41) is 3.26. The molecule has 0 aliphatic carbocycles. The second kappa shape index (κ2) is 5.92. The van der Waals surface area contributed by atoms with Gasteiger partial charge in [0.1, 0.15) is 0 Å². The van der Waals surface area contributed by atoms with Crippen LogP contribution in [0.15, 0.2) is 40.7 Å². The highest BCUT2D eigenvalue weighted by molar-refractivity contribution is 7.89. The summed E-state index contributed by atoms with van der Waals surface area (Å²) in [6.07, 6.45) is 2.52. The highest BCUT2D eigenvalue weighted by Gasteiger charge is 2.28. The number of sulfonamides is 1. The van der Waals surface area contributed by atoms with Crippen LogP contribution in [0.4, 0.5) is 5.13 Å². The molecule has 1 aliphatic rings. The van der Waals surface area contributed by atoms with Crippen LogP contribution in [0.25, 0.3) is 0 Å². The van der Waals surface area contributed by atoms with Crippen LogP contribution in [0.5, 0.6) is 0 Å². The van der Waals surface area contributed by atoms with Crippen LogP contribution in [-0.4, -0.2) is 32.5 Å². The summed E-state index contributed by atoms with van der Waals surface area (Å²) >= 11 is 7.41. The number of halogens is 1. The van der Waals surface area contributed by atoms with E-state index in [0.29, 0.717) is 11.6 Å². The summed E-state index contributed by atoms with van der Waals surface area (Å²) in [4.78, 5) is 6.54. The Morgan fingerprint density at radius 2 is 2.29 bits per heavy atom. The van der Waals surface area contributed by atoms with Gasteiger partial charge in [0, 0.05) is 35.7 Å². The first kappa shape index (κ1) is 14.8. The molecule has 1 atom stereocenters. The lowest BCUT2D eigenvalue weighted by Gasteiger charge is -2.16. The molecule has 0 spiro atoms. The predicted octanol–water partition coefficient (Wildman–Crippen LogP) is 2.35. The number of aromatic nitrogens is 1. The molecule has 0 radical (unpaired) electrons. The van der Waals surface area contributed by atoms with Crippen molar-refractivity contribution in [2.24, 2.45) is 0 Å². The fourth-order valence-corrected chi connectivity index (χ4v) is 4.57. The van der Waals surface area contributed by atoms with Gasteiger partial charge < -0.3 is 4.90 Å². The zero-order valence-electron chi connectivity index (χ0n) is 11.1. The molecule has 5 nitrogen and oxygen atoms in total. The fourth-order valence-electron chi connectivity index (χ4n) is 2.32. The van der Waals surface area contributed by atoms with Crippen LogP contribution >= 0.6 is 22.9 Å². The summed E-state index contributed by atoms with van der Waals surface area (Å²) in [6, 6.07) is 6.17. The Morgan fingerprint density at radius 3 is 3.00 bits per heavy atom. The SMILES string of the molecule is O=S(=O)(NC1CCN(c2nccs2)C1)c1cccc(Cl)c1. The van der Waals surface area contributed by atoms with E-state index in [1.54, 1.807) is 35.7 Å². The van der Waals surface area contributed by atoms with Crippen LogP contribution in [0.1, 0.15) is 6.42 Å². The van der Waals surface area contributed by atoms with Crippen molar-refractivity contribution in [2.45, 2.75) is 17.4 Å². The molecule has 1 unspecified atom stereocenters. The number of anilines is 1. The van der Waals surface area contributed by atoms with Crippen molar-refractivity contribution in [3.05, 3.63) is 40.9 Å². The van der Waals surface area contributed by atoms with E-state index in [4.69, 9.17) is 11.6 Å². The van der Waals surface area contributed by atoms with Gasteiger partial charge in [0.25, 0.3) is 0 Å². The van der Waals surface area contributed by atoms with E-state index in [2.05, 4.69) is 14.6 Å². The van der Waals surface area contributed by atoms with E-state index in [0.717, 1.165) is 18.1 Å². The van der Waals surface area contributed by atoms with Gasteiger partial charge in [-0.3, -0.25) is 0 Å². The maximum absolute atomic E-state index is 12.3. The third-order valence-corrected chi connectivity index (χ3v) is 5.89. The highest BCUT2D eigenvalue weighted by Crippen LogP contribution is 2.23. The zero-order valence-corrected chi connectivity index (χ0v) is 13.5. The first-order valence-electron chi connectivity index (χ1n) is 6.47. The minimum Gasteiger partial charge on any atom is -0.346 e. The predicted molar refractivity (Wildman–Crippen MR) is 84.5 cm³/mol. The van der Waals surface area contributed by atoms with Crippen LogP contribution < -0.4 is 9.62 Å². The van der Waals surface area contributed by atoms with Gasteiger partial charge in [0.15, 0.2) is 5.13 Å². The van der Waals surface area contributed by atoms with E-state index < -0.39 is 10.0 Å². The van der Waals surface area contributed by atoms with Crippen molar-refractivity contribution in [3.8, 4) is 0 Å². The number of hydrogen-bond acceptors (Lipinski definition) is 5. The standard InChI is InChI=1S/C13H14ClN3O2S2/c14-10-2-1-3-12(8-10)21(18,19)16-11-4-6-17(9-11)13-15-5-7-20-13/h1-3,5,7-8,11,16H,4,6,9H2. The van der Waals surface area contributed by atoms with Crippen LogP contribution in [0.2, 0.25) is 5.02 Å². The molecule has 0 bridgehead atoms. The molecule has 2 heterocycles. The molecule has 1 aliphatic heterocycles. The maximum Gasteiger partial charge on any atom is 0.240 e. The van der Waals surface area contributed by atoms with Gasteiger partial charge in [0.05, 0.1) is 4.90 Å². The van der Waals surface area contributed by atoms with Crippen molar-refractivity contribution in [2.75, 3.05) is 18.0 Å². The topological polar surface area (TPSA) is 62.3 Å². The minimum absolute atomic E-state index is 0.113. The molecule has 1 fully saturated rings. The zero-order chi connectivity index (χ0) is 14.9. The molecule has 8 heteroatoms. The molecule has 112 valence electrons. The average molecular weight is 344 g/mol. The number of thiazole rings is 1. The van der Waals surface area contributed by atoms with Crippen LogP contribution in [0, 0.1) is 0 Å². The lowest BCUT2D eigenvalue weighted by Crippen LogP contribution is -2.37. The van der Waals surface area contributed by atoms with Crippen LogP contribution in [0.3, 0.4) is 0 Å². The van der Waals surface area contributed by atoms with Crippen molar-refractivity contribution in [3.63, 3.8) is 0 Å². The second-order valence-corrected chi connectivity index (χ2v) is 7.85. The molecule has 1 aromatic carbocycles. The molecule has 0 amide bonds. The van der Waals surface area contributed by atoms with E-state index in [1.807, 2.05) is 5.38 Å². The lowest BCUT2D eigenvalue weighted by molar-refractivity contribution is 0.561. The lowest BCUT2D eigenvalue weighted by atomic mass is 10.3. The fraction of sp³-hybridized carbons (Fsp3) is 0.308. The van der Waals surface area contributed by atoms with Crippen molar-refractivity contribution >= 4 is 38.1 Å². The molecule has 1 saturated heterocycles. The van der Waals surface area contributed by atoms with Gasteiger partial charge in [-0.25, -0.2) is 18.1 Å². The smallest absolute Gasteiger partial charge is 0.240 e. The van der Waals surface area contributed by atoms with Gasteiger partial charge in [0.2, 0.25) is 10.0 Å². The number of rotatable bonds is 4. The number of benzene rings is 1. The summed E-state index contributed by atoms with van der Waals surface area (Å²) < 4.78 is 27.4. The van der Waals surface area contributed by atoms with Crippen molar-refractivity contribution < 1.29 is 8.42 Å². The normalized spacial score (nSPS) is 19.1. The molecule has 21 heavy (non-hydrogen) atoms. The Kier molecular flexibility index (Phi) is 4.17. The molecule has 0 saturated carbocycles. The summed E-state index contributed by atoms with van der Waals surface area (Å²) in [5.41, 5.74) is 0. The Hall–Kier alpha value is -1.15. The Labute approximate surface area is 132 Å². The van der Waals surface area contributed by atoms with Crippen LogP contribution in [-0.2, 0) is 10.0 Å². The Bertz CT molecular complexity index is 719. The van der Waals surface area contributed by atoms with Gasteiger partial charge in [-0.2, -0.15) is 0 Å². The molecular formula is C13H14ClN3O2S2. The average Bonchev–Trinajstić information content (AvgIpc) is 3.08. The highest BCUT2D eigenvalue weighted by atomic mass is 35.5. The van der Waals surface area contributed by atoms with Gasteiger partial charge in [-0.1, -0.05) is 17.7 Å². The van der Waals surface area contributed by atoms with Crippen molar-refractivity contribution in [1.82, 2.24) is 9.71 Å². The molecule has 1 N–H and O–H groups in total. The van der Waals surface area contributed by atoms with Crippen molar-refractivity contribution in [1.29, 1.82) is 0 Å². The third-order valence-electron chi connectivity index (χ3n) is 3.31. The Balaban J connectivity index is 1.70. The first-order chi connectivity index (χ1) is 10.0. The van der Waals surface area contributed by atoms with Gasteiger partial charge in [-0.15, -0.1) is 11.3 Å². The first-order valence-corrected chi connectivity index (χ1v) is 9.21. The van der Waals surface area contributed by atoms with Gasteiger partial charge in [-0.05, 0) is 24.6 Å². The Morgan fingerprint density at radius 1 is 1.43 bits per heavy atom. The quantitative estimate of drug-likeness (QED) is 0.925. The second-order valence-electron chi connectivity index (χ2n) is 4.82. The van der Waals surface area contributed by atoms with Gasteiger partial charge >= 0.3 is 0 Å². The summed E-state index contributed by atoms with van der Waals surface area (Å²) in [5.74, 6) is 0. The number of nitrogens with zero attached hydrogens (tertiary/aromatic N) is 2. The third kappa shape index (κ3) is 3.37. The minimum atomic E-state index is -3.54. The number of hydrogen-bond donors (Lipinski definition) is 1. The van der Waals surface area contributed by atoms with E-state index >= 15 is 0 Å². The molecular weight excluding hydrogens is 330 g/mol. The largest absolute Gasteiger partial charge is 0.346 e. The van der Waals surface area contributed by atoms with E-state index in [-0.39, 0.29) is 10.9 Å². The molecule has 3 rings (SSSR count). The summed E-state index contributed by atoms with van der Waals surface area (Å²) in [7, 11) is -3.54. The number of nitrogens with one attached hydrogen (secondary N) is 1. The maximum atomic E-state index is 12.3. The summed E-state index contributed by atoms with van der Waals surface area (Å²) in [6.45, 7) is 1.43.